The number of carbonyl (C=O) groups is 2. The molecule has 1 unspecified atom stereocenters. The van der Waals surface area contributed by atoms with E-state index in [2.05, 4.69) is 11.9 Å². The van der Waals surface area contributed by atoms with Crippen molar-refractivity contribution >= 4 is 34.7 Å². The van der Waals surface area contributed by atoms with E-state index in [0.717, 1.165) is 29.3 Å². The van der Waals surface area contributed by atoms with E-state index in [9.17, 15) is 9.59 Å². The molecule has 0 aromatic heterocycles. The van der Waals surface area contributed by atoms with Crippen LogP contribution in [0.1, 0.15) is 25.3 Å². The smallest absolute Gasteiger partial charge is 0.269 e. The summed E-state index contributed by atoms with van der Waals surface area (Å²) >= 11 is 1.65. The molecule has 0 bridgehead atoms. The second-order valence-corrected chi connectivity index (χ2v) is 7.27. The predicted molar refractivity (Wildman–Crippen MR) is 99.9 cm³/mol. The van der Waals surface area contributed by atoms with Crippen LogP contribution in [0.5, 0.6) is 0 Å². The molecule has 7 heteroatoms. The summed E-state index contributed by atoms with van der Waals surface area (Å²) in [4.78, 5) is 32.3. The second kappa shape index (κ2) is 7.39. The summed E-state index contributed by atoms with van der Waals surface area (Å²) in [5, 5.41) is 0.820. The number of fused-ring (bicyclic) bond motifs is 1. The van der Waals surface area contributed by atoms with E-state index in [-0.39, 0.29) is 11.9 Å². The Kier molecular flexibility index (Phi) is 5.22. The second-order valence-electron chi connectivity index (χ2n) is 6.21. The minimum atomic E-state index is -0.531. The third kappa shape index (κ3) is 3.33. The molecule has 2 heterocycles. The van der Waals surface area contributed by atoms with E-state index in [1.165, 1.54) is 16.8 Å². The Bertz CT molecular complexity index is 745. The molecule has 2 aliphatic rings. The quantitative estimate of drug-likeness (QED) is 0.599. The zero-order chi connectivity index (χ0) is 18.0. The van der Waals surface area contributed by atoms with Crippen LogP contribution in [0.3, 0.4) is 0 Å². The normalized spacial score (nSPS) is 20.3. The third-order valence-corrected chi connectivity index (χ3v) is 5.50. The van der Waals surface area contributed by atoms with E-state index in [1.54, 1.807) is 18.8 Å². The number of aliphatic imine (C=N–C) groups is 1. The van der Waals surface area contributed by atoms with E-state index < -0.39 is 6.04 Å². The van der Waals surface area contributed by atoms with Crippen LogP contribution in [0.15, 0.2) is 35.3 Å². The van der Waals surface area contributed by atoms with Gasteiger partial charge in [-0.25, -0.2) is 9.37 Å². The third-order valence-electron chi connectivity index (χ3n) is 4.42. The Labute approximate surface area is 152 Å². The first kappa shape index (κ1) is 17.7. The van der Waals surface area contributed by atoms with Crippen molar-refractivity contribution in [2.45, 2.75) is 32.4 Å². The van der Waals surface area contributed by atoms with Crippen molar-refractivity contribution < 1.29 is 14.2 Å². The SMILES string of the molecule is CCCCSC1=[N+](Cc2ccccc2)C2C(=O)N(C)C(=O)N(C)C2=N1. The first-order valence-corrected chi connectivity index (χ1v) is 9.47. The van der Waals surface area contributed by atoms with Crippen LogP contribution in [0.2, 0.25) is 0 Å². The molecule has 1 saturated heterocycles. The van der Waals surface area contributed by atoms with Crippen LogP contribution in [0.4, 0.5) is 4.79 Å². The highest BCUT2D eigenvalue weighted by Gasteiger charge is 2.53. The molecule has 0 aliphatic carbocycles. The molecule has 3 amide bonds. The average molecular weight is 359 g/mol. The van der Waals surface area contributed by atoms with Gasteiger partial charge in [-0.3, -0.25) is 14.6 Å². The van der Waals surface area contributed by atoms with Crippen LogP contribution < -0.4 is 0 Å². The lowest BCUT2D eigenvalue weighted by Crippen LogP contribution is -2.61. The van der Waals surface area contributed by atoms with Crippen molar-refractivity contribution in [3.05, 3.63) is 35.9 Å². The monoisotopic (exact) mass is 359 g/mol. The Hall–Kier alpha value is -2.15. The van der Waals surface area contributed by atoms with Crippen LogP contribution in [-0.4, -0.2) is 63.2 Å². The number of amidine groups is 2. The van der Waals surface area contributed by atoms with Gasteiger partial charge in [0.15, 0.2) is 0 Å². The zero-order valence-corrected chi connectivity index (χ0v) is 15.6. The fraction of sp³-hybridized carbons (Fsp3) is 0.444. The number of imide groups is 1. The van der Waals surface area contributed by atoms with E-state index in [4.69, 9.17) is 0 Å². The largest absolute Gasteiger partial charge is 0.358 e. The molecule has 2 aliphatic heterocycles. The summed E-state index contributed by atoms with van der Waals surface area (Å²) in [6.07, 6.45) is 2.20. The summed E-state index contributed by atoms with van der Waals surface area (Å²) < 4.78 is 2.02. The highest BCUT2D eigenvalue weighted by molar-refractivity contribution is 8.13. The average Bonchev–Trinajstić information content (AvgIpc) is 2.98. The molecule has 1 fully saturated rings. The minimum Gasteiger partial charge on any atom is -0.269 e. The molecule has 1 aromatic rings. The number of benzene rings is 1. The number of hydrogen-bond donors (Lipinski definition) is 0. The maximum atomic E-state index is 12.8. The van der Waals surface area contributed by atoms with Gasteiger partial charge in [-0.15, -0.1) is 0 Å². The molecule has 0 saturated carbocycles. The number of nitrogens with zero attached hydrogens (tertiary/aromatic N) is 4. The molecule has 6 nitrogen and oxygen atoms in total. The van der Waals surface area contributed by atoms with Gasteiger partial charge in [0.1, 0.15) is 6.54 Å². The molecular weight excluding hydrogens is 336 g/mol. The maximum Gasteiger partial charge on any atom is 0.358 e. The molecule has 0 radical (unpaired) electrons. The van der Waals surface area contributed by atoms with E-state index in [0.29, 0.717) is 12.4 Å². The van der Waals surface area contributed by atoms with Gasteiger partial charge in [0, 0.05) is 19.8 Å². The summed E-state index contributed by atoms with van der Waals surface area (Å²) in [5.74, 6) is 1.26. The first-order valence-electron chi connectivity index (χ1n) is 8.48. The van der Waals surface area contributed by atoms with Crippen molar-refractivity contribution in [3.8, 4) is 0 Å². The Balaban J connectivity index is 1.95. The number of rotatable bonds is 5. The van der Waals surface area contributed by atoms with Crippen molar-refractivity contribution in [3.63, 3.8) is 0 Å². The number of urea groups is 1. The summed E-state index contributed by atoms with van der Waals surface area (Å²) in [7, 11) is 3.21. The van der Waals surface area contributed by atoms with E-state index in [1.807, 2.05) is 34.9 Å². The number of likely N-dealkylation sites (N-methyl/N-ethyl adjacent to an activating group) is 2. The van der Waals surface area contributed by atoms with Gasteiger partial charge in [0.2, 0.25) is 0 Å². The summed E-state index contributed by atoms with van der Waals surface area (Å²) in [6.45, 7) is 2.74. The van der Waals surface area contributed by atoms with Crippen LogP contribution in [-0.2, 0) is 11.3 Å². The molecule has 0 spiro atoms. The predicted octanol–water partition coefficient (Wildman–Crippen LogP) is 2.39. The van der Waals surface area contributed by atoms with Gasteiger partial charge in [-0.05, 0) is 28.7 Å². The summed E-state index contributed by atoms with van der Waals surface area (Å²) in [6, 6.07) is 9.16. The first-order chi connectivity index (χ1) is 12.0. The number of amides is 3. The Morgan fingerprint density at radius 1 is 1.16 bits per heavy atom. The number of unbranched alkanes of at least 4 members (excludes halogenated alkanes) is 1. The summed E-state index contributed by atoms with van der Waals surface area (Å²) in [5.41, 5.74) is 1.11. The van der Waals surface area contributed by atoms with E-state index >= 15 is 0 Å². The van der Waals surface area contributed by atoms with Crippen molar-refractivity contribution in [1.82, 2.24) is 9.80 Å². The fourth-order valence-electron chi connectivity index (χ4n) is 2.94. The lowest BCUT2D eigenvalue weighted by molar-refractivity contribution is -0.548. The topological polar surface area (TPSA) is 56.0 Å². The van der Waals surface area contributed by atoms with Gasteiger partial charge in [0.05, 0.1) is 0 Å². The fourth-order valence-corrected chi connectivity index (χ4v) is 4.05. The molecule has 3 rings (SSSR count). The van der Waals surface area contributed by atoms with Crippen LogP contribution >= 0.6 is 11.8 Å². The Morgan fingerprint density at radius 2 is 1.88 bits per heavy atom. The van der Waals surface area contributed by atoms with Gasteiger partial charge >= 0.3 is 11.2 Å². The number of hydrogen-bond acceptors (Lipinski definition) is 4. The van der Waals surface area contributed by atoms with Crippen molar-refractivity contribution in [1.29, 1.82) is 0 Å². The number of thioether (sulfide) groups is 1. The molecule has 1 aromatic carbocycles. The molecular formula is C18H23N4O2S+. The highest BCUT2D eigenvalue weighted by atomic mass is 32.2. The molecule has 25 heavy (non-hydrogen) atoms. The van der Waals surface area contributed by atoms with Crippen molar-refractivity contribution in [2.75, 3.05) is 19.8 Å². The lowest BCUT2D eigenvalue weighted by Gasteiger charge is -2.30. The van der Waals surface area contributed by atoms with Gasteiger partial charge in [-0.2, -0.15) is 0 Å². The van der Waals surface area contributed by atoms with Crippen molar-refractivity contribution in [2.24, 2.45) is 4.99 Å². The van der Waals surface area contributed by atoms with Crippen LogP contribution in [0, 0.1) is 0 Å². The standard InChI is InChI=1S/C18H23N4O2S/c1-4-5-11-25-17-19-15-14(16(23)21(3)18(24)20(15)2)22(17)12-13-9-7-6-8-10-13/h6-10,14H,4-5,11-12H2,1-3H3/q+1. The molecule has 132 valence electrons. The molecule has 1 atom stereocenters. The Morgan fingerprint density at radius 3 is 2.56 bits per heavy atom. The molecule has 0 N–H and O–H groups in total. The number of carbonyl (C=O) groups excluding carboxylic acids is 2. The zero-order valence-electron chi connectivity index (χ0n) is 14.8. The highest BCUT2D eigenvalue weighted by Crippen LogP contribution is 2.24. The van der Waals surface area contributed by atoms with Gasteiger partial charge in [0.25, 0.3) is 17.8 Å². The van der Waals surface area contributed by atoms with Gasteiger partial charge < -0.3 is 0 Å². The van der Waals surface area contributed by atoms with Crippen LogP contribution in [0.25, 0.3) is 0 Å². The van der Waals surface area contributed by atoms with Gasteiger partial charge in [-0.1, -0.05) is 43.7 Å². The maximum absolute atomic E-state index is 12.8. The minimum absolute atomic E-state index is 0.219. The lowest BCUT2D eigenvalue weighted by atomic mass is 10.1.